The minimum atomic E-state index is -1.26. The molecule has 0 radical (unpaired) electrons. The number of alkyl halides is 2. The number of amides is 2. The predicted molar refractivity (Wildman–Crippen MR) is 134 cm³/mol. The number of Topliss-reactive ketones (excluding diaryl/α,β-unsaturated/α-hetero) is 1. The molecule has 36 heavy (non-hydrogen) atoms. The number of carbonyl (C=O) groups excluding carboxylic acids is 4. The normalized spacial score (nSPS) is 27.4. The van der Waals surface area contributed by atoms with Gasteiger partial charge in [0.2, 0.25) is 17.6 Å². The minimum absolute atomic E-state index is 0.177. The Morgan fingerprint density at radius 1 is 0.833 bits per heavy atom. The van der Waals surface area contributed by atoms with E-state index in [0.29, 0.717) is 4.88 Å². The molecule has 0 spiro atoms. The molecule has 2 bridgehead atoms. The minimum Gasteiger partial charge on any atom is -0.457 e. The van der Waals surface area contributed by atoms with Crippen molar-refractivity contribution in [2.45, 2.75) is 16.2 Å². The van der Waals surface area contributed by atoms with E-state index < -0.39 is 46.0 Å². The van der Waals surface area contributed by atoms with E-state index in [1.807, 2.05) is 48.5 Å². The molecule has 0 saturated carbocycles. The number of ketones is 1. The fourth-order valence-electron chi connectivity index (χ4n) is 5.87. The summed E-state index contributed by atoms with van der Waals surface area (Å²) < 4.78 is 5.09. The van der Waals surface area contributed by atoms with Gasteiger partial charge in [0.25, 0.3) is 0 Å². The zero-order chi connectivity index (χ0) is 25.2. The Kier molecular flexibility index (Phi) is 5.37. The van der Waals surface area contributed by atoms with Gasteiger partial charge in [-0.1, -0.05) is 54.6 Å². The van der Waals surface area contributed by atoms with Crippen LogP contribution in [0, 0.1) is 11.8 Å². The highest BCUT2D eigenvalue weighted by Crippen LogP contribution is 2.69. The van der Waals surface area contributed by atoms with Crippen molar-refractivity contribution >= 4 is 58.1 Å². The van der Waals surface area contributed by atoms with E-state index in [1.54, 1.807) is 17.5 Å². The Balaban J connectivity index is 1.28. The molecule has 1 aliphatic heterocycles. The Morgan fingerprint density at radius 3 is 1.78 bits per heavy atom. The molecule has 1 saturated heterocycles. The van der Waals surface area contributed by atoms with Gasteiger partial charge >= 0.3 is 5.97 Å². The number of esters is 1. The van der Waals surface area contributed by atoms with Crippen molar-refractivity contribution < 1.29 is 23.9 Å². The molecule has 2 aromatic carbocycles. The van der Waals surface area contributed by atoms with Gasteiger partial charge in [-0.25, -0.2) is 0 Å². The van der Waals surface area contributed by atoms with Crippen molar-refractivity contribution in [3.8, 4) is 0 Å². The van der Waals surface area contributed by atoms with Gasteiger partial charge in [0, 0.05) is 6.54 Å². The van der Waals surface area contributed by atoms with Crippen LogP contribution in [0.2, 0.25) is 0 Å². The van der Waals surface area contributed by atoms with Gasteiger partial charge in [0.05, 0.1) is 23.1 Å². The fourth-order valence-corrected chi connectivity index (χ4v) is 7.62. The van der Waals surface area contributed by atoms with Crippen LogP contribution in [0.15, 0.2) is 66.0 Å². The average Bonchev–Trinajstić information content (AvgIpc) is 3.52. The fraction of sp³-hybridized carbons (Fsp3) is 0.259. The highest BCUT2D eigenvalue weighted by Gasteiger charge is 2.72. The summed E-state index contributed by atoms with van der Waals surface area (Å²) in [5, 5.41) is 1.76. The van der Waals surface area contributed by atoms with Gasteiger partial charge < -0.3 is 4.74 Å². The lowest BCUT2D eigenvalue weighted by molar-refractivity contribution is -0.145. The predicted octanol–water partition coefficient (Wildman–Crippen LogP) is 4.46. The molecule has 7 rings (SSSR count). The highest BCUT2D eigenvalue weighted by atomic mass is 35.5. The van der Waals surface area contributed by atoms with E-state index in [2.05, 4.69) is 0 Å². The smallest absolute Gasteiger partial charge is 0.308 e. The number of halogens is 2. The van der Waals surface area contributed by atoms with Crippen LogP contribution in [0.3, 0.4) is 0 Å². The monoisotopic (exact) mass is 539 g/mol. The molecule has 3 aliphatic carbocycles. The first kappa shape index (κ1) is 23.4. The van der Waals surface area contributed by atoms with E-state index in [9.17, 15) is 19.2 Å². The topological polar surface area (TPSA) is 80.8 Å². The van der Waals surface area contributed by atoms with E-state index in [1.165, 1.54) is 11.3 Å². The lowest BCUT2D eigenvalue weighted by Crippen LogP contribution is -2.57. The number of ether oxygens (including phenoxy) is 1. The molecule has 2 atom stereocenters. The molecule has 0 N–H and O–H groups in total. The SMILES string of the molecule is O=C(CCN1C(=O)[C@H]2[C@H](C1=O)C1(Cl)c3ccccc3C2(Cl)c2ccccc21)OCC(=O)c1cccs1. The van der Waals surface area contributed by atoms with Crippen LogP contribution in [0.1, 0.15) is 38.3 Å². The summed E-state index contributed by atoms with van der Waals surface area (Å²) in [6.45, 7) is -0.573. The summed E-state index contributed by atoms with van der Waals surface area (Å²) in [4.78, 5) is 50.9. The summed E-state index contributed by atoms with van der Waals surface area (Å²) in [5.41, 5.74) is 2.87. The van der Waals surface area contributed by atoms with Gasteiger partial charge in [0.15, 0.2) is 6.61 Å². The number of imide groups is 1. The number of thiophene rings is 1. The van der Waals surface area contributed by atoms with Gasteiger partial charge in [0.1, 0.15) is 9.75 Å². The van der Waals surface area contributed by atoms with Crippen molar-refractivity contribution in [2.75, 3.05) is 13.2 Å². The van der Waals surface area contributed by atoms with E-state index in [0.717, 1.165) is 27.2 Å². The maximum Gasteiger partial charge on any atom is 0.308 e. The maximum absolute atomic E-state index is 13.7. The van der Waals surface area contributed by atoms with Crippen molar-refractivity contribution in [1.29, 1.82) is 0 Å². The van der Waals surface area contributed by atoms with E-state index in [4.69, 9.17) is 27.9 Å². The second-order valence-electron chi connectivity index (χ2n) is 9.11. The molecular formula is C27H19Cl2NO5S. The zero-order valence-corrected chi connectivity index (χ0v) is 21.1. The first-order valence-corrected chi connectivity index (χ1v) is 13.1. The lowest BCUT2D eigenvalue weighted by Gasteiger charge is -2.54. The molecule has 3 aromatic rings. The molecule has 2 amide bonds. The average molecular weight is 540 g/mol. The quantitative estimate of drug-likeness (QED) is 0.200. The molecule has 182 valence electrons. The Hall–Kier alpha value is -3.00. The van der Waals surface area contributed by atoms with Crippen LogP contribution < -0.4 is 0 Å². The molecular weight excluding hydrogens is 521 g/mol. The standard InChI is InChI=1S/C27H19Cl2NO5S/c28-26-15-6-1-2-7-16(15)27(29,18-9-4-3-8-17(18)26)23-22(26)24(33)30(25(23)34)12-11-21(32)35-14-19(31)20-10-5-13-36-20/h1-10,13,22-23H,11-12,14H2/t22-,23-,26?,27?/m1/s1. The third-order valence-corrected chi connectivity index (χ3v) is 9.57. The Morgan fingerprint density at radius 2 is 1.33 bits per heavy atom. The first-order valence-electron chi connectivity index (χ1n) is 11.4. The summed E-state index contributed by atoms with van der Waals surface area (Å²) >= 11 is 16.0. The number of rotatable bonds is 6. The maximum atomic E-state index is 13.7. The molecule has 1 aromatic heterocycles. The van der Waals surface area contributed by atoms with E-state index in [-0.39, 0.29) is 18.7 Å². The van der Waals surface area contributed by atoms with Crippen molar-refractivity contribution in [1.82, 2.24) is 4.90 Å². The summed E-state index contributed by atoms with van der Waals surface area (Å²) in [6.07, 6.45) is -0.237. The van der Waals surface area contributed by atoms with Gasteiger partial charge in [-0.3, -0.25) is 24.1 Å². The van der Waals surface area contributed by atoms with Crippen LogP contribution in [0.4, 0.5) is 0 Å². The second kappa shape index (κ2) is 8.26. The Bertz CT molecular complexity index is 1310. The van der Waals surface area contributed by atoms with Crippen molar-refractivity contribution in [3.63, 3.8) is 0 Å². The number of likely N-dealkylation sites (tertiary alicyclic amines) is 1. The highest BCUT2D eigenvalue weighted by molar-refractivity contribution is 7.12. The summed E-state index contributed by atoms with van der Waals surface area (Å²) in [7, 11) is 0. The van der Waals surface area contributed by atoms with Crippen molar-refractivity contribution in [2.24, 2.45) is 11.8 Å². The molecule has 6 nitrogen and oxygen atoms in total. The number of hydrogen-bond donors (Lipinski definition) is 0. The molecule has 4 aliphatic rings. The molecule has 1 fully saturated rings. The summed E-state index contributed by atoms with van der Waals surface area (Å²) in [5.74, 6) is -3.73. The largest absolute Gasteiger partial charge is 0.457 e. The summed E-state index contributed by atoms with van der Waals surface area (Å²) in [6, 6.07) is 18.2. The first-order chi connectivity index (χ1) is 17.3. The van der Waals surface area contributed by atoms with Crippen LogP contribution in [-0.4, -0.2) is 41.6 Å². The number of carbonyl (C=O) groups is 4. The number of benzene rings is 2. The molecule has 2 heterocycles. The van der Waals surface area contributed by atoms with Gasteiger partial charge in [-0.05, 0) is 33.7 Å². The number of hydrogen-bond acceptors (Lipinski definition) is 6. The van der Waals surface area contributed by atoms with Crippen molar-refractivity contribution in [3.05, 3.63) is 93.2 Å². The Labute approximate surface area is 220 Å². The third kappa shape index (κ3) is 3.03. The van der Waals surface area contributed by atoms with Crippen LogP contribution in [-0.2, 0) is 28.9 Å². The van der Waals surface area contributed by atoms with Crippen LogP contribution in [0.25, 0.3) is 0 Å². The third-order valence-electron chi connectivity index (χ3n) is 7.38. The lowest BCUT2D eigenvalue weighted by atomic mass is 9.54. The molecule has 0 unspecified atom stereocenters. The van der Waals surface area contributed by atoms with Crippen LogP contribution in [0.5, 0.6) is 0 Å². The van der Waals surface area contributed by atoms with Gasteiger partial charge in [-0.15, -0.1) is 34.5 Å². The second-order valence-corrected chi connectivity index (χ2v) is 11.2. The van der Waals surface area contributed by atoms with E-state index >= 15 is 0 Å². The number of nitrogens with zero attached hydrogens (tertiary/aromatic N) is 1. The molecule has 9 heteroatoms. The van der Waals surface area contributed by atoms with Crippen LogP contribution >= 0.6 is 34.5 Å². The van der Waals surface area contributed by atoms with Gasteiger partial charge in [-0.2, -0.15) is 0 Å². The zero-order valence-electron chi connectivity index (χ0n) is 18.8.